The van der Waals surface area contributed by atoms with Gasteiger partial charge in [-0.05, 0) is 103 Å². The summed E-state index contributed by atoms with van der Waals surface area (Å²) in [6.07, 6.45) is 8.93. The number of hydrogen-bond acceptors (Lipinski definition) is 14. The van der Waals surface area contributed by atoms with Gasteiger partial charge in [0.15, 0.2) is 10.1 Å². The molecule has 0 amide bonds. The van der Waals surface area contributed by atoms with Gasteiger partial charge in [-0.25, -0.2) is 18.4 Å². The fourth-order valence-corrected chi connectivity index (χ4v) is 8.14. The molecule has 0 spiro atoms. The molecular formula is C70H55F3Ir2N7O7S-5. The van der Waals surface area contributed by atoms with Gasteiger partial charge in [0.2, 0.25) is 11.4 Å². The number of furan rings is 2. The number of pyridine rings is 7. The topological polar surface area (TPSA) is 214 Å². The van der Waals surface area contributed by atoms with Gasteiger partial charge in [-0.15, -0.1) is 126 Å². The van der Waals surface area contributed by atoms with Crippen molar-refractivity contribution in [3.8, 4) is 56.3 Å². The van der Waals surface area contributed by atoms with Gasteiger partial charge in [-0.3, -0.25) is 4.98 Å². The van der Waals surface area contributed by atoms with Crippen molar-refractivity contribution in [1.82, 2.24) is 34.9 Å². The molecule has 9 aromatic heterocycles. The van der Waals surface area contributed by atoms with Crippen molar-refractivity contribution in [2.24, 2.45) is 0 Å². The summed E-state index contributed by atoms with van der Waals surface area (Å²) in [6.45, 7) is 3.92. The molecule has 90 heavy (non-hydrogen) atoms. The molecule has 14 aromatic rings. The van der Waals surface area contributed by atoms with E-state index >= 15 is 0 Å². The minimum Gasteiger partial charge on any atom is -0.741 e. The standard InChI is InChI=1S/C17H12N2O.C17H11N2O.3C11H8N.CHF3O3S.2CH4O.2Ir/c2*1-11-8-9-13-12-5-4-6-14(15-7-2-3-10-18-15)16(12)20-17(13)19-11;3*1-2-6-10(7-3-1)11-8-4-5-9-12-11;2-1(3,4)8(5,6)7;2*1-2;;/h2-10H,1H3;2-5,7-10H,1H3;3*1-6,8-9H;(H,5,6,7);2*2H,1H3;;/q;4*-1;;;;;/p-1. The fraction of sp³-hybridized carbons (Fsp3) is 0.0714. The molecule has 0 saturated heterocycles. The number of aliphatic hydroxyl groups is 2. The number of halogens is 3. The summed E-state index contributed by atoms with van der Waals surface area (Å²) in [5.41, 5.74) is 8.91. The third-order valence-electron chi connectivity index (χ3n) is 12.0. The molecule has 0 bridgehead atoms. The second-order valence-corrected chi connectivity index (χ2v) is 19.3. The van der Waals surface area contributed by atoms with Crippen LogP contribution < -0.4 is 0 Å². The van der Waals surface area contributed by atoms with Gasteiger partial charge in [0.25, 0.3) is 0 Å². The van der Waals surface area contributed by atoms with E-state index in [1.807, 2.05) is 220 Å². The van der Waals surface area contributed by atoms with E-state index in [2.05, 4.69) is 71.3 Å². The average molecular weight is 1580 g/mol. The van der Waals surface area contributed by atoms with Crippen LogP contribution in [-0.4, -0.2) is 77.8 Å². The normalized spacial score (nSPS) is 10.2. The van der Waals surface area contributed by atoms with Crippen LogP contribution in [0.5, 0.6) is 0 Å². The maximum absolute atomic E-state index is 10.7. The summed E-state index contributed by atoms with van der Waals surface area (Å²) in [5.74, 6) is 0. The van der Waals surface area contributed by atoms with Crippen molar-refractivity contribution >= 4 is 54.3 Å². The van der Waals surface area contributed by atoms with Crippen molar-refractivity contribution in [2.45, 2.75) is 19.4 Å². The SMILES string of the molecule is CO.CO.Cc1ccc2c(n1)oc1c(-c3ccccn3)[c-]ccc12.Cc1ccc2c(n1)oc1c(-c3ccccn3)cccc12.O=S(=O)([O-])C(F)(F)F.[Ir].[Ir].[c-]1ccccc1-c1ccccn1.[c-]1ccccc1-c1ccccn1.[c-]1ccccc1-c1ccccn1. The molecule has 0 fully saturated rings. The van der Waals surface area contributed by atoms with E-state index in [0.717, 1.165) is 115 Å². The maximum Gasteiger partial charge on any atom is 0.485 e. The van der Waals surface area contributed by atoms with Gasteiger partial charge in [0.05, 0.1) is 11.3 Å². The quantitative estimate of drug-likeness (QED) is 0.0932. The van der Waals surface area contributed by atoms with Crippen LogP contribution in [-0.2, 0) is 50.3 Å². The summed E-state index contributed by atoms with van der Waals surface area (Å²) in [7, 11) is -4.09. The molecule has 9 heterocycles. The number of rotatable bonds is 5. The first kappa shape index (κ1) is 71.4. The van der Waals surface area contributed by atoms with Gasteiger partial charge >= 0.3 is 5.51 Å². The molecule has 462 valence electrons. The van der Waals surface area contributed by atoms with Gasteiger partial charge in [0, 0.05) is 119 Å². The Morgan fingerprint density at radius 3 is 1.11 bits per heavy atom. The van der Waals surface area contributed by atoms with Crippen LogP contribution in [0.2, 0.25) is 0 Å². The van der Waals surface area contributed by atoms with Crippen molar-refractivity contribution < 1.29 is 85.4 Å². The average Bonchev–Trinajstić information content (AvgIpc) is 1.96. The molecule has 20 heteroatoms. The molecule has 0 unspecified atom stereocenters. The van der Waals surface area contributed by atoms with Crippen LogP contribution in [0.3, 0.4) is 0 Å². The van der Waals surface area contributed by atoms with Crippen molar-refractivity contribution in [2.75, 3.05) is 14.2 Å². The zero-order chi connectivity index (χ0) is 62.7. The van der Waals surface area contributed by atoms with Crippen molar-refractivity contribution in [1.29, 1.82) is 0 Å². The summed E-state index contributed by atoms with van der Waals surface area (Å²) in [6, 6.07) is 83.5. The smallest absolute Gasteiger partial charge is 0.485 e. The predicted octanol–water partition coefficient (Wildman–Crippen LogP) is 15.4. The van der Waals surface area contributed by atoms with Crippen LogP contribution in [0.4, 0.5) is 13.2 Å². The predicted molar refractivity (Wildman–Crippen MR) is 335 cm³/mol. The first-order valence-electron chi connectivity index (χ1n) is 26.7. The van der Waals surface area contributed by atoms with E-state index in [0.29, 0.717) is 11.4 Å². The van der Waals surface area contributed by atoms with E-state index in [1.165, 1.54) is 0 Å². The molecule has 5 aromatic carbocycles. The summed E-state index contributed by atoms with van der Waals surface area (Å²) < 4.78 is 70.8. The summed E-state index contributed by atoms with van der Waals surface area (Å²) in [4.78, 5) is 30.3. The number of aryl methyl sites for hydroxylation is 2. The van der Waals surface area contributed by atoms with Gasteiger partial charge in [-0.1, -0.05) is 77.7 Å². The number of nitrogens with zero attached hydrogens (tertiary/aromatic N) is 7. The molecule has 0 saturated carbocycles. The third kappa shape index (κ3) is 20.1. The van der Waals surface area contributed by atoms with Crippen LogP contribution in [0.1, 0.15) is 11.4 Å². The molecule has 2 N–H and O–H groups in total. The number of hydrogen-bond donors (Lipinski definition) is 2. The van der Waals surface area contributed by atoms with Crippen LogP contribution in [0, 0.1) is 38.1 Å². The Balaban J connectivity index is 0.000000198. The monoisotopic (exact) mass is 1580 g/mol. The van der Waals surface area contributed by atoms with E-state index in [1.54, 1.807) is 31.0 Å². The van der Waals surface area contributed by atoms with E-state index in [-0.39, 0.29) is 40.2 Å². The van der Waals surface area contributed by atoms with Gasteiger partial charge in [-0.2, -0.15) is 13.2 Å². The number of aliphatic hydroxyl groups excluding tert-OH is 2. The molecule has 0 aliphatic heterocycles. The Hall–Kier alpha value is -9.33. The minimum absolute atomic E-state index is 0. The Kier molecular flexibility index (Phi) is 28.7. The zero-order valence-corrected chi connectivity index (χ0v) is 54.1. The molecule has 0 aliphatic rings. The first-order valence-corrected chi connectivity index (χ1v) is 28.1. The van der Waals surface area contributed by atoms with E-state index in [9.17, 15) is 13.2 Å². The number of benzene rings is 5. The maximum atomic E-state index is 10.7. The number of fused-ring (bicyclic) bond motifs is 6. The van der Waals surface area contributed by atoms with Gasteiger partial charge < -0.3 is 43.5 Å². The summed E-state index contributed by atoms with van der Waals surface area (Å²) in [5, 5.41) is 18.2. The van der Waals surface area contributed by atoms with Crippen molar-refractivity contribution in [3.63, 3.8) is 0 Å². The zero-order valence-electron chi connectivity index (χ0n) is 48.4. The summed E-state index contributed by atoms with van der Waals surface area (Å²) >= 11 is 0. The number of aromatic nitrogens is 7. The van der Waals surface area contributed by atoms with Crippen LogP contribution >= 0.6 is 0 Å². The van der Waals surface area contributed by atoms with Gasteiger partial charge in [0.1, 0.15) is 5.58 Å². The largest absolute Gasteiger partial charge is 0.741 e. The second kappa shape index (κ2) is 36.2. The minimum atomic E-state index is -6.09. The van der Waals surface area contributed by atoms with E-state index in [4.69, 9.17) is 32.0 Å². The van der Waals surface area contributed by atoms with E-state index < -0.39 is 15.6 Å². The Morgan fingerprint density at radius 1 is 0.400 bits per heavy atom. The Bertz CT molecular complexity index is 4020. The Labute approximate surface area is 545 Å². The van der Waals surface area contributed by atoms with Crippen LogP contribution in [0.15, 0.2) is 258 Å². The molecule has 0 aliphatic carbocycles. The number of alkyl halides is 3. The Morgan fingerprint density at radius 2 is 0.756 bits per heavy atom. The molecular weight excluding hydrogens is 1520 g/mol. The molecule has 2 radical (unpaired) electrons. The third-order valence-corrected chi connectivity index (χ3v) is 12.6. The van der Waals surface area contributed by atoms with Crippen LogP contribution in [0.25, 0.3) is 100 Å². The number of para-hydroxylation sites is 1. The fourth-order valence-electron chi connectivity index (χ4n) is 8.14. The molecule has 0 atom stereocenters. The molecule has 14 rings (SSSR count). The second-order valence-electron chi connectivity index (χ2n) is 17.9. The molecule has 14 nitrogen and oxygen atoms in total. The van der Waals surface area contributed by atoms with Crippen molar-refractivity contribution in [3.05, 3.63) is 285 Å². The first-order chi connectivity index (χ1) is 42.8.